The van der Waals surface area contributed by atoms with E-state index < -0.39 is 71.9 Å². The minimum absolute atomic E-state index is 0.0193. The van der Waals surface area contributed by atoms with E-state index in [1.165, 1.54) is 23.8 Å². The molecule has 8 unspecified atom stereocenters. The first kappa shape index (κ1) is 37.3. The molecule has 14 heteroatoms. The highest BCUT2D eigenvalue weighted by Gasteiger charge is 2.42. The highest BCUT2D eigenvalue weighted by Crippen LogP contribution is 2.24. The van der Waals surface area contributed by atoms with Gasteiger partial charge in [0.05, 0.1) is 12.5 Å². The molecule has 2 aliphatic rings. The fraction of sp³-hybridized carbons (Fsp3) is 0.800. The van der Waals surface area contributed by atoms with Crippen LogP contribution in [0, 0.1) is 11.8 Å². The van der Waals surface area contributed by atoms with Crippen LogP contribution in [0.4, 0.5) is 0 Å². The van der Waals surface area contributed by atoms with Crippen molar-refractivity contribution in [3.05, 3.63) is 0 Å². The Morgan fingerprint density at radius 1 is 0.977 bits per heavy atom. The number of ether oxygens (including phenoxy) is 1. The Balaban J connectivity index is 2.50. The van der Waals surface area contributed by atoms with Crippen LogP contribution in [0.15, 0.2) is 0 Å². The third-order valence-corrected chi connectivity index (χ3v) is 9.06. The molecule has 2 heterocycles. The summed E-state index contributed by atoms with van der Waals surface area (Å²) in [5.74, 6) is -3.99. The van der Waals surface area contributed by atoms with Crippen molar-refractivity contribution in [3.8, 4) is 0 Å². The zero-order chi connectivity index (χ0) is 33.1. The molecule has 0 bridgehead atoms. The van der Waals surface area contributed by atoms with Crippen molar-refractivity contribution >= 4 is 47.1 Å². The molecule has 0 aromatic rings. The number of fused-ring (bicyclic) bond motifs is 1. The number of cyclic esters (lactones) is 1. The number of aliphatic hydroxyl groups is 1. The van der Waals surface area contributed by atoms with Gasteiger partial charge in [0, 0.05) is 26.0 Å². The second kappa shape index (κ2) is 17.5. The van der Waals surface area contributed by atoms with Crippen LogP contribution in [0.1, 0.15) is 79.6 Å². The highest BCUT2D eigenvalue weighted by atomic mass is 35.5. The molecular weight excluding hydrogens is 594 g/mol. The first-order chi connectivity index (χ1) is 20.8. The van der Waals surface area contributed by atoms with Gasteiger partial charge in [-0.3, -0.25) is 28.8 Å². The summed E-state index contributed by atoms with van der Waals surface area (Å²) in [5.41, 5.74) is 0. The quantitative estimate of drug-likeness (QED) is 0.221. The van der Waals surface area contributed by atoms with E-state index in [-0.39, 0.29) is 50.1 Å². The molecule has 250 valence electrons. The number of rotatable bonds is 8. The van der Waals surface area contributed by atoms with Crippen molar-refractivity contribution in [1.29, 1.82) is 0 Å². The Morgan fingerprint density at radius 3 is 2.25 bits per heavy atom. The minimum Gasteiger partial charge on any atom is -0.452 e. The number of amides is 5. The van der Waals surface area contributed by atoms with Gasteiger partial charge in [-0.1, -0.05) is 40.5 Å². The molecule has 0 saturated carbocycles. The first-order valence-corrected chi connectivity index (χ1v) is 16.2. The number of hydrogen-bond donors (Lipinski definition) is 4. The summed E-state index contributed by atoms with van der Waals surface area (Å²) >= 11 is 5.73. The van der Waals surface area contributed by atoms with Crippen LogP contribution in [-0.2, 0) is 33.5 Å². The number of nitrogens with zero attached hydrogens (tertiary/aromatic N) is 2. The summed E-state index contributed by atoms with van der Waals surface area (Å²) in [7, 11) is 1.52. The molecule has 0 aliphatic carbocycles. The maximum absolute atomic E-state index is 14.0. The number of alkyl halides is 1. The molecule has 2 saturated heterocycles. The SMILES string of the molecule is CCC(C)C1NC(=O)C2CCCN2C(=O)C(CCC(O)CCl)OC(=O)CCNC(=O)C(C)NC(=O)C(C(C)CC)N(C)C1=O. The van der Waals surface area contributed by atoms with E-state index in [1.807, 2.05) is 27.7 Å². The zero-order valence-corrected chi connectivity index (χ0v) is 27.5. The lowest BCUT2D eigenvalue weighted by Gasteiger charge is -2.36. The second-order valence-corrected chi connectivity index (χ2v) is 12.3. The standard InChI is InChI=1S/C30H50ClN5O8/c1-7-17(3)24-30(43)35(6)25(18(4)8-2)28(41)33-19(5)26(39)32-14-13-23(38)44-22(12-11-20(37)16-31)29(42)36-15-9-10-21(36)27(40)34-24/h17-22,24-25,37H,7-16H2,1-6H3,(H,32,39)(H,33,41)(H,34,40). The number of hydrogen-bond acceptors (Lipinski definition) is 8. The van der Waals surface area contributed by atoms with Crippen LogP contribution in [0.2, 0.25) is 0 Å². The third kappa shape index (κ3) is 9.79. The summed E-state index contributed by atoms with van der Waals surface area (Å²) in [5, 5.41) is 18.1. The predicted molar refractivity (Wildman–Crippen MR) is 163 cm³/mol. The van der Waals surface area contributed by atoms with Crippen molar-refractivity contribution < 1.29 is 38.6 Å². The van der Waals surface area contributed by atoms with E-state index in [1.54, 1.807) is 0 Å². The van der Waals surface area contributed by atoms with E-state index >= 15 is 0 Å². The normalized spacial score (nSPS) is 28.9. The molecule has 13 nitrogen and oxygen atoms in total. The van der Waals surface area contributed by atoms with Gasteiger partial charge in [-0.25, -0.2) is 0 Å². The van der Waals surface area contributed by atoms with Gasteiger partial charge in [0.2, 0.25) is 23.6 Å². The van der Waals surface area contributed by atoms with Gasteiger partial charge in [-0.2, -0.15) is 0 Å². The molecule has 5 amide bonds. The van der Waals surface area contributed by atoms with Gasteiger partial charge < -0.3 is 35.6 Å². The molecular formula is C30H50ClN5O8. The van der Waals surface area contributed by atoms with Gasteiger partial charge in [-0.05, 0) is 44.4 Å². The third-order valence-electron chi connectivity index (χ3n) is 8.70. The van der Waals surface area contributed by atoms with Gasteiger partial charge in [0.1, 0.15) is 24.2 Å². The lowest BCUT2D eigenvalue weighted by Crippen LogP contribution is -2.60. The number of likely N-dealkylation sites (N-methyl/N-ethyl adjacent to an activating group) is 1. The van der Waals surface area contributed by atoms with E-state index in [0.29, 0.717) is 25.7 Å². The molecule has 0 radical (unpaired) electrons. The lowest BCUT2D eigenvalue weighted by molar-refractivity contribution is -0.162. The number of esters is 1. The number of aliphatic hydroxyl groups excluding tert-OH is 1. The topological polar surface area (TPSA) is 174 Å². The van der Waals surface area contributed by atoms with Crippen molar-refractivity contribution in [2.45, 2.75) is 116 Å². The van der Waals surface area contributed by atoms with Crippen LogP contribution in [0.5, 0.6) is 0 Å². The summed E-state index contributed by atoms with van der Waals surface area (Å²) in [6, 6.07) is -3.77. The molecule has 2 aliphatic heterocycles. The summed E-state index contributed by atoms with van der Waals surface area (Å²) < 4.78 is 5.51. The van der Waals surface area contributed by atoms with Crippen molar-refractivity contribution in [2.24, 2.45) is 11.8 Å². The Kier molecular flexibility index (Phi) is 14.8. The highest BCUT2D eigenvalue weighted by molar-refractivity contribution is 6.18. The lowest BCUT2D eigenvalue weighted by atomic mass is 9.93. The van der Waals surface area contributed by atoms with E-state index in [9.17, 15) is 33.9 Å². The Bertz CT molecular complexity index is 1040. The smallest absolute Gasteiger partial charge is 0.308 e. The van der Waals surface area contributed by atoms with Crippen LogP contribution in [-0.4, -0.2) is 113 Å². The van der Waals surface area contributed by atoms with Crippen LogP contribution < -0.4 is 16.0 Å². The minimum atomic E-state index is -1.28. The van der Waals surface area contributed by atoms with E-state index in [0.717, 1.165) is 0 Å². The van der Waals surface area contributed by atoms with Crippen LogP contribution >= 0.6 is 11.6 Å². The van der Waals surface area contributed by atoms with Crippen LogP contribution in [0.25, 0.3) is 0 Å². The van der Waals surface area contributed by atoms with Gasteiger partial charge in [-0.15, -0.1) is 11.6 Å². The van der Waals surface area contributed by atoms with Crippen LogP contribution in [0.3, 0.4) is 0 Å². The summed E-state index contributed by atoms with van der Waals surface area (Å²) in [6.45, 7) is 9.07. The number of nitrogens with one attached hydrogen (secondary N) is 3. The molecule has 8 atom stereocenters. The molecule has 44 heavy (non-hydrogen) atoms. The summed E-state index contributed by atoms with van der Waals surface area (Å²) in [6.07, 6.45) is -0.391. The Morgan fingerprint density at radius 2 is 1.64 bits per heavy atom. The first-order valence-electron chi connectivity index (χ1n) is 15.7. The Hall–Kier alpha value is -2.93. The molecule has 2 fully saturated rings. The number of halogens is 1. The maximum atomic E-state index is 14.0. The maximum Gasteiger partial charge on any atom is 0.308 e. The number of carbonyl (C=O) groups excluding carboxylic acids is 6. The van der Waals surface area contributed by atoms with Gasteiger partial charge >= 0.3 is 5.97 Å². The van der Waals surface area contributed by atoms with Crippen molar-refractivity contribution in [1.82, 2.24) is 25.8 Å². The monoisotopic (exact) mass is 643 g/mol. The summed E-state index contributed by atoms with van der Waals surface area (Å²) in [4.78, 5) is 83.0. The van der Waals surface area contributed by atoms with E-state index in [2.05, 4.69) is 16.0 Å². The average Bonchev–Trinajstić information content (AvgIpc) is 3.50. The molecule has 4 N–H and O–H groups in total. The fourth-order valence-corrected chi connectivity index (χ4v) is 5.65. The van der Waals surface area contributed by atoms with E-state index in [4.69, 9.17) is 16.3 Å². The predicted octanol–water partition coefficient (Wildman–Crippen LogP) is 0.698. The van der Waals surface area contributed by atoms with Gasteiger partial charge in [0.25, 0.3) is 5.91 Å². The zero-order valence-electron chi connectivity index (χ0n) is 26.8. The van der Waals surface area contributed by atoms with Crippen molar-refractivity contribution in [2.75, 3.05) is 26.0 Å². The average molecular weight is 644 g/mol. The van der Waals surface area contributed by atoms with Gasteiger partial charge in [0.15, 0.2) is 6.10 Å². The second-order valence-electron chi connectivity index (χ2n) is 12.0. The Labute approximate surface area is 265 Å². The molecule has 0 aromatic heterocycles. The molecule has 0 spiro atoms. The number of carbonyl (C=O) groups is 6. The molecule has 0 aromatic carbocycles. The fourth-order valence-electron chi connectivity index (χ4n) is 5.49. The largest absolute Gasteiger partial charge is 0.452 e. The van der Waals surface area contributed by atoms with Crippen molar-refractivity contribution in [3.63, 3.8) is 0 Å². The molecule has 2 rings (SSSR count).